The van der Waals surface area contributed by atoms with E-state index in [0.29, 0.717) is 27.8 Å². The monoisotopic (exact) mass is 566 g/mol. The lowest BCUT2D eigenvalue weighted by Gasteiger charge is -2.26. The van der Waals surface area contributed by atoms with Crippen LogP contribution in [0.3, 0.4) is 0 Å². The largest absolute Gasteiger partial charge is 0.497 e. The Kier molecular flexibility index (Phi) is 10.1. The smallest absolute Gasteiger partial charge is 0.264 e. The second-order valence-corrected chi connectivity index (χ2v) is 11.3. The summed E-state index contributed by atoms with van der Waals surface area (Å²) in [7, 11) is -1.21. The number of thioether (sulfide) groups is 1. The van der Waals surface area contributed by atoms with E-state index in [9.17, 15) is 17.6 Å². The number of halogens is 2. The number of carbonyl (C=O) groups is 1. The minimum Gasteiger partial charge on any atom is -0.497 e. The number of rotatable bonds is 12. The number of benzene rings is 3. The molecule has 0 saturated carbocycles. The Labute approximate surface area is 226 Å². The molecule has 1 amide bonds. The average Bonchev–Trinajstić information content (AvgIpc) is 2.88. The van der Waals surface area contributed by atoms with Gasteiger partial charge < -0.3 is 14.8 Å². The molecule has 198 valence electrons. The van der Waals surface area contributed by atoms with Crippen molar-refractivity contribution >= 4 is 45.0 Å². The molecule has 7 nitrogen and oxygen atoms in total. The molecule has 3 aromatic rings. The maximum Gasteiger partial charge on any atom is 0.264 e. The normalized spacial score (nSPS) is 11.2. The second-order valence-electron chi connectivity index (χ2n) is 7.97. The zero-order valence-corrected chi connectivity index (χ0v) is 23.1. The van der Waals surface area contributed by atoms with Gasteiger partial charge in [-0.1, -0.05) is 35.4 Å². The van der Waals surface area contributed by atoms with E-state index in [1.165, 1.54) is 50.2 Å². The molecule has 0 radical (unpaired) electrons. The Balaban J connectivity index is 1.74. The number of ether oxygens (including phenoxy) is 2. The van der Waals surface area contributed by atoms with E-state index >= 15 is 0 Å². The van der Waals surface area contributed by atoms with Gasteiger partial charge in [0.2, 0.25) is 5.91 Å². The summed E-state index contributed by atoms with van der Waals surface area (Å²) >= 11 is 7.45. The molecule has 0 saturated heterocycles. The van der Waals surface area contributed by atoms with Crippen LogP contribution < -0.4 is 19.1 Å². The van der Waals surface area contributed by atoms with Crippen molar-refractivity contribution in [1.29, 1.82) is 0 Å². The number of hydrogen-bond donors (Lipinski definition) is 1. The van der Waals surface area contributed by atoms with Crippen LogP contribution in [0.1, 0.15) is 11.1 Å². The predicted octanol–water partition coefficient (Wildman–Crippen LogP) is 5.05. The summed E-state index contributed by atoms with van der Waals surface area (Å²) in [5, 5.41) is 3.08. The van der Waals surface area contributed by atoms with Crippen molar-refractivity contribution in [2.24, 2.45) is 0 Å². The third-order valence-electron chi connectivity index (χ3n) is 5.43. The molecule has 0 spiro atoms. The van der Waals surface area contributed by atoms with Gasteiger partial charge in [-0.25, -0.2) is 12.8 Å². The molecule has 0 aliphatic heterocycles. The second kappa shape index (κ2) is 13.0. The van der Waals surface area contributed by atoms with Gasteiger partial charge in [-0.15, -0.1) is 0 Å². The van der Waals surface area contributed by atoms with Crippen LogP contribution in [0.25, 0.3) is 0 Å². The van der Waals surface area contributed by atoms with Crippen LogP contribution in [-0.4, -0.2) is 47.4 Å². The molecule has 11 heteroatoms. The summed E-state index contributed by atoms with van der Waals surface area (Å²) in [6.45, 7) is 1.64. The Bertz CT molecular complexity index is 1320. The summed E-state index contributed by atoms with van der Waals surface area (Å²) < 4.78 is 52.8. The third kappa shape index (κ3) is 7.30. The highest BCUT2D eigenvalue weighted by atomic mass is 35.5. The van der Waals surface area contributed by atoms with Gasteiger partial charge in [0.25, 0.3) is 10.0 Å². The van der Waals surface area contributed by atoms with E-state index in [-0.39, 0.29) is 28.7 Å². The zero-order valence-electron chi connectivity index (χ0n) is 20.7. The number of methoxy groups -OCH3 is 2. The van der Waals surface area contributed by atoms with E-state index in [1.807, 2.05) is 6.92 Å². The quantitative estimate of drug-likeness (QED) is 0.309. The van der Waals surface area contributed by atoms with Gasteiger partial charge in [0, 0.05) is 34.7 Å². The fourth-order valence-electron chi connectivity index (χ4n) is 3.42. The third-order valence-corrected chi connectivity index (χ3v) is 8.54. The summed E-state index contributed by atoms with van der Waals surface area (Å²) in [4.78, 5) is 12.9. The summed E-state index contributed by atoms with van der Waals surface area (Å²) in [6, 6.07) is 15.6. The van der Waals surface area contributed by atoms with Crippen molar-refractivity contribution in [3.05, 3.63) is 82.6 Å². The Morgan fingerprint density at radius 2 is 1.81 bits per heavy atom. The van der Waals surface area contributed by atoms with Crippen LogP contribution in [0, 0.1) is 12.7 Å². The highest BCUT2D eigenvalue weighted by Crippen LogP contribution is 2.35. The molecule has 3 rings (SSSR count). The number of hydrogen-bond acceptors (Lipinski definition) is 6. The van der Waals surface area contributed by atoms with Gasteiger partial charge in [0.05, 0.1) is 24.8 Å². The van der Waals surface area contributed by atoms with Crippen molar-refractivity contribution in [1.82, 2.24) is 5.32 Å². The fraction of sp³-hybridized carbons (Fsp3) is 0.269. The molecule has 0 aliphatic carbocycles. The van der Waals surface area contributed by atoms with E-state index in [4.69, 9.17) is 21.1 Å². The van der Waals surface area contributed by atoms with Crippen molar-refractivity contribution in [2.75, 3.05) is 37.4 Å². The van der Waals surface area contributed by atoms with Crippen molar-refractivity contribution in [2.45, 2.75) is 17.6 Å². The first-order chi connectivity index (χ1) is 17.7. The highest BCUT2D eigenvalue weighted by Gasteiger charge is 2.29. The van der Waals surface area contributed by atoms with E-state index in [0.717, 1.165) is 9.87 Å². The maximum absolute atomic E-state index is 13.9. The van der Waals surface area contributed by atoms with Crippen LogP contribution >= 0.6 is 23.4 Å². The van der Waals surface area contributed by atoms with Gasteiger partial charge in [-0.2, -0.15) is 11.8 Å². The van der Waals surface area contributed by atoms with Gasteiger partial charge in [-0.05, 0) is 43.3 Å². The minimum absolute atomic E-state index is 0.0427. The lowest BCUT2D eigenvalue weighted by molar-refractivity contribution is -0.119. The van der Waals surface area contributed by atoms with E-state index < -0.39 is 22.5 Å². The molecule has 0 atom stereocenters. The number of amides is 1. The van der Waals surface area contributed by atoms with Crippen molar-refractivity contribution in [3.63, 3.8) is 0 Å². The average molecular weight is 567 g/mol. The molecule has 0 fully saturated rings. The number of carbonyl (C=O) groups excluding carboxylic acids is 1. The molecule has 0 bridgehead atoms. The summed E-state index contributed by atoms with van der Waals surface area (Å²) in [5.41, 5.74) is 1.50. The first kappa shape index (κ1) is 28.6. The van der Waals surface area contributed by atoms with Crippen LogP contribution in [0.5, 0.6) is 11.5 Å². The van der Waals surface area contributed by atoms with Gasteiger partial charge in [0.1, 0.15) is 23.9 Å². The number of anilines is 1. The summed E-state index contributed by atoms with van der Waals surface area (Å²) in [6.07, 6.45) is 0. The van der Waals surface area contributed by atoms with Gasteiger partial charge in [0.15, 0.2) is 0 Å². The fourth-order valence-corrected chi connectivity index (χ4v) is 6.05. The van der Waals surface area contributed by atoms with Crippen LogP contribution in [-0.2, 0) is 20.6 Å². The zero-order chi connectivity index (χ0) is 27.0. The number of sulfonamides is 1. The first-order valence-corrected chi connectivity index (χ1v) is 14.2. The molecule has 0 aliphatic rings. The highest BCUT2D eigenvalue weighted by molar-refractivity contribution is 7.98. The molecule has 3 aromatic carbocycles. The lowest BCUT2D eigenvalue weighted by Crippen LogP contribution is -2.41. The minimum atomic E-state index is -4.11. The van der Waals surface area contributed by atoms with Crippen molar-refractivity contribution in [3.8, 4) is 11.5 Å². The number of nitrogens with zero attached hydrogens (tertiary/aromatic N) is 1. The topological polar surface area (TPSA) is 84.9 Å². The standard InChI is InChI=1S/C26H28ClFN2O5S2/c1-18-7-10-20(11-8-18)37(32,33)30(24-12-9-19(34-2)15-25(24)35-3)16-26(31)29-13-14-36-17-21-22(27)5-4-6-23(21)28/h4-12,15H,13-14,16-17H2,1-3H3,(H,29,31). The van der Waals surface area contributed by atoms with E-state index in [2.05, 4.69) is 5.32 Å². The molecular weight excluding hydrogens is 539 g/mol. The SMILES string of the molecule is COc1ccc(N(CC(=O)NCCSCc2c(F)cccc2Cl)S(=O)(=O)c2ccc(C)cc2)c(OC)c1. The van der Waals surface area contributed by atoms with Crippen LogP contribution in [0.2, 0.25) is 5.02 Å². The molecule has 37 heavy (non-hydrogen) atoms. The predicted molar refractivity (Wildman–Crippen MR) is 146 cm³/mol. The van der Waals surface area contributed by atoms with Crippen LogP contribution in [0.15, 0.2) is 65.6 Å². The summed E-state index contributed by atoms with van der Waals surface area (Å²) in [5.74, 6) is 0.656. The molecule has 0 heterocycles. The van der Waals surface area contributed by atoms with Gasteiger partial charge >= 0.3 is 0 Å². The Morgan fingerprint density at radius 3 is 2.46 bits per heavy atom. The molecule has 1 N–H and O–H groups in total. The first-order valence-electron chi connectivity index (χ1n) is 11.3. The molecule has 0 aromatic heterocycles. The molecule has 0 unspecified atom stereocenters. The Morgan fingerprint density at radius 1 is 1.08 bits per heavy atom. The van der Waals surface area contributed by atoms with Gasteiger partial charge in [-0.3, -0.25) is 9.10 Å². The number of aryl methyl sites for hydroxylation is 1. The number of nitrogens with one attached hydrogen (secondary N) is 1. The maximum atomic E-state index is 13.9. The Hall–Kier alpha value is -2.95. The lowest BCUT2D eigenvalue weighted by atomic mass is 10.2. The van der Waals surface area contributed by atoms with Crippen LogP contribution in [0.4, 0.5) is 10.1 Å². The molecular formula is C26H28ClFN2O5S2. The van der Waals surface area contributed by atoms with Crippen molar-refractivity contribution < 1.29 is 27.1 Å². The van der Waals surface area contributed by atoms with E-state index in [1.54, 1.807) is 36.4 Å².